The molecule has 0 aliphatic rings. The Labute approximate surface area is 182 Å². The normalized spacial score (nSPS) is 10.7. The van der Waals surface area contributed by atoms with Crippen molar-refractivity contribution in [3.63, 3.8) is 0 Å². The zero-order valence-corrected chi connectivity index (χ0v) is 17.3. The summed E-state index contributed by atoms with van der Waals surface area (Å²) in [6, 6.07) is 21.0. The van der Waals surface area contributed by atoms with Crippen LogP contribution in [0.15, 0.2) is 77.2 Å². The average molecular weight is 442 g/mol. The second-order valence-electron chi connectivity index (χ2n) is 6.42. The molecule has 0 radical (unpaired) electrons. The van der Waals surface area contributed by atoms with E-state index in [9.17, 15) is 4.39 Å². The number of anilines is 1. The molecular weight excluding hydrogens is 425 g/mol. The van der Waals surface area contributed by atoms with E-state index in [-0.39, 0.29) is 10.7 Å². The predicted molar refractivity (Wildman–Crippen MR) is 117 cm³/mol. The zero-order valence-electron chi connectivity index (χ0n) is 15.7. The van der Waals surface area contributed by atoms with Crippen molar-refractivity contribution < 1.29 is 13.5 Å². The van der Waals surface area contributed by atoms with Crippen molar-refractivity contribution in [1.82, 2.24) is 9.78 Å². The molecule has 1 N–H and O–H groups in total. The first-order valence-electron chi connectivity index (χ1n) is 9.12. The van der Waals surface area contributed by atoms with Crippen molar-refractivity contribution in [3.8, 4) is 17.2 Å². The van der Waals surface area contributed by atoms with Crippen LogP contribution in [-0.4, -0.2) is 9.78 Å². The molecule has 0 aliphatic carbocycles. The molecule has 4 aromatic rings. The first-order chi connectivity index (χ1) is 14.6. The Hall–Kier alpha value is -3.16. The quantitative estimate of drug-likeness (QED) is 0.340. The van der Waals surface area contributed by atoms with Crippen LogP contribution in [0.1, 0.15) is 5.56 Å². The number of ether oxygens (including phenoxy) is 1. The van der Waals surface area contributed by atoms with Gasteiger partial charge in [-0.15, -0.1) is 5.10 Å². The Kier molecular flexibility index (Phi) is 6.11. The van der Waals surface area contributed by atoms with Gasteiger partial charge in [0, 0.05) is 21.8 Å². The van der Waals surface area contributed by atoms with Crippen LogP contribution in [-0.2, 0) is 13.3 Å². The minimum absolute atomic E-state index is 0.235. The van der Waals surface area contributed by atoms with Gasteiger partial charge in [-0.05, 0) is 66.8 Å². The molecule has 3 aromatic carbocycles. The summed E-state index contributed by atoms with van der Waals surface area (Å²) in [5.41, 5.74) is 2.44. The third-order valence-corrected chi connectivity index (χ3v) is 5.00. The summed E-state index contributed by atoms with van der Waals surface area (Å²) in [6.07, 6.45) is 0. The van der Waals surface area contributed by atoms with E-state index < -0.39 is 0 Å². The van der Waals surface area contributed by atoms with Gasteiger partial charge < -0.3 is 14.5 Å². The van der Waals surface area contributed by atoms with Crippen LogP contribution in [0.3, 0.4) is 0 Å². The van der Waals surface area contributed by atoms with Gasteiger partial charge in [-0.2, -0.15) is 0 Å². The molecule has 0 amide bonds. The number of hydrogen-bond donors (Lipinski definition) is 1. The highest BCUT2D eigenvalue weighted by Crippen LogP contribution is 2.23. The van der Waals surface area contributed by atoms with Crippen molar-refractivity contribution in [2.45, 2.75) is 13.3 Å². The number of halogens is 2. The van der Waals surface area contributed by atoms with Gasteiger partial charge in [-0.25, -0.2) is 9.07 Å². The summed E-state index contributed by atoms with van der Waals surface area (Å²) in [5.74, 6) is 0.813. The molecule has 1 heterocycles. The summed E-state index contributed by atoms with van der Waals surface area (Å²) < 4.78 is 25.9. The summed E-state index contributed by atoms with van der Waals surface area (Å²) in [6.45, 7) is 0.677. The van der Waals surface area contributed by atoms with Crippen LogP contribution >= 0.6 is 23.8 Å². The van der Waals surface area contributed by atoms with E-state index in [2.05, 4.69) is 10.4 Å². The first-order valence-corrected chi connectivity index (χ1v) is 9.91. The van der Waals surface area contributed by atoms with E-state index in [4.69, 9.17) is 33.0 Å². The fourth-order valence-corrected chi connectivity index (χ4v) is 3.10. The zero-order chi connectivity index (χ0) is 20.9. The fraction of sp³-hybridized carbons (Fsp3) is 0.0909. The molecule has 0 aliphatic heterocycles. The predicted octanol–water partition coefficient (Wildman–Crippen LogP) is 6.31. The Morgan fingerprint density at radius 2 is 1.77 bits per heavy atom. The van der Waals surface area contributed by atoms with Gasteiger partial charge in [0.1, 0.15) is 24.8 Å². The molecule has 4 rings (SSSR count). The van der Waals surface area contributed by atoms with Crippen LogP contribution in [0.25, 0.3) is 11.5 Å². The second kappa shape index (κ2) is 9.11. The van der Waals surface area contributed by atoms with Crippen LogP contribution in [0.2, 0.25) is 5.02 Å². The van der Waals surface area contributed by atoms with E-state index in [0.717, 1.165) is 16.8 Å². The third-order valence-electron chi connectivity index (χ3n) is 4.34. The smallest absolute Gasteiger partial charge is 0.289 e. The van der Waals surface area contributed by atoms with Crippen LogP contribution in [0, 0.1) is 10.7 Å². The maximum absolute atomic E-state index is 13.0. The van der Waals surface area contributed by atoms with Crippen molar-refractivity contribution in [3.05, 3.63) is 94.0 Å². The van der Waals surface area contributed by atoms with Gasteiger partial charge in [0.15, 0.2) is 0 Å². The largest absolute Gasteiger partial charge is 0.489 e. The third kappa shape index (κ3) is 4.87. The maximum atomic E-state index is 13.0. The van der Waals surface area contributed by atoms with E-state index in [1.165, 1.54) is 16.8 Å². The second-order valence-corrected chi connectivity index (χ2v) is 7.18. The number of benzene rings is 3. The van der Waals surface area contributed by atoms with Gasteiger partial charge in [-0.3, -0.25) is 0 Å². The molecule has 1 aromatic heterocycles. The van der Waals surface area contributed by atoms with Crippen molar-refractivity contribution in [2.24, 2.45) is 0 Å². The minimum Gasteiger partial charge on any atom is -0.489 e. The van der Waals surface area contributed by atoms with Crippen molar-refractivity contribution >= 4 is 29.5 Å². The number of rotatable bonds is 7. The molecule has 0 saturated carbocycles. The Balaban J connectivity index is 1.40. The molecule has 0 atom stereocenters. The molecule has 30 heavy (non-hydrogen) atoms. The van der Waals surface area contributed by atoms with Gasteiger partial charge in [0.2, 0.25) is 5.89 Å². The maximum Gasteiger partial charge on any atom is 0.289 e. The Morgan fingerprint density at radius 1 is 1.03 bits per heavy atom. The highest BCUT2D eigenvalue weighted by atomic mass is 35.5. The Bertz CT molecular complexity index is 1190. The molecular formula is C22H17ClFN3O2S. The lowest BCUT2D eigenvalue weighted by atomic mass is 10.2. The lowest BCUT2D eigenvalue weighted by Gasteiger charge is -2.08. The lowest BCUT2D eigenvalue weighted by Crippen LogP contribution is -2.09. The summed E-state index contributed by atoms with van der Waals surface area (Å²) in [7, 11) is 0. The molecule has 0 saturated heterocycles. The summed E-state index contributed by atoms with van der Waals surface area (Å²) in [5, 5.41) is 8.19. The molecule has 0 bridgehead atoms. The Morgan fingerprint density at radius 3 is 2.50 bits per heavy atom. The number of hydrogen-bond acceptors (Lipinski definition) is 5. The van der Waals surface area contributed by atoms with E-state index in [0.29, 0.717) is 29.9 Å². The van der Waals surface area contributed by atoms with Crippen LogP contribution < -0.4 is 10.1 Å². The summed E-state index contributed by atoms with van der Waals surface area (Å²) >= 11 is 11.4. The minimum atomic E-state index is -0.292. The average Bonchev–Trinajstić information content (AvgIpc) is 3.14. The topological polar surface area (TPSA) is 52.2 Å². The molecule has 0 fully saturated rings. The van der Waals surface area contributed by atoms with Gasteiger partial charge in [0.05, 0.1) is 0 Å². The molecule has 0 unspecified atom stereocenters. The summed E-state index contributed by atoms with van der Waals surface area (Å²) in [4.78, 5) is 0.235. The van der Waals surface area contributed by atoms with Crippen molar-refractivity contribution in [2.75, 3.05) is 5.32 Å². The van der Waals surface area contributed by atoms with Gasteiger partial charge in [-0.1, -0.05) is 29.8 Å². The fourth-order valence-electron chi connectivity index (χ4n) is 2.73. The molecule has 152 valence electrons. The number of aromatic nitrogens is 2. The van der Waals surface area contributed by atoms with Gasteiger partial charge >= 0.3 is 0 Å². The van der Waals surface area contributed by atoms with Crippen LogP contribution in [0.4, 0.5) is 10.1 Å². The monoisotopic (exact) mass is 441 g/mol. The highest BCUT2D eigenvalue weighted by molar-refractivity contribution is 7.71. The number of nitrogens with one attached hydrogen (secondary N) is 1. The van der Waals surface area contributed by atoms with E-state index >= 15 is 0 Å². The standard InChI is InChI=1S/C22H17ClFN3O2S/c23-20-4-2-1-3-16(20)13-28-19-11-5-15(6-12-19)21-26-27(22(30)29-21)14-25-18-9-7-17(24)8-10-18/h1-12,25H,13-14H2. The van der Waals surface area contributed by atoms with Gasteiger partial charge in [0.25, 0.3) is 4.84 Å². The molecule has 5 nitrogen and oxygen atoms in total. The van der Waals surface area contributed by atoms with Crippen molar-refractivity contribution in [1.29, 1.82) is 0 Å². The molecule has 0 spiro atoms. The first kappa shape index (κ1) is 20.1. The highest BCUT2D eigenvalue weighted by Gasteiger charge is 2.09. The van der Waals surface area contributed by atoms with E-state index in [1.807, 2.05) is 48.5 Å². The van der Waals surface area contributed by atoms with Crippen LogP contribution in [0.5, 0.6) is 5.75 Å². The SMILES string of the molecule is Fc1ccc(NCn2nc(-c3ccc(OCc4ccccc4Cl)cc3)oc2=S)cc1. The van der Waals surface area contributed by atoms with E-state index in [1.54, 1.807) is 12.1 Å². The lowest BCUT2D eigenvalue weighted by molar-refractivity contribution is 0.306. The number of nitrogens with zero attached hydrogens (tertiary/aromatic N) is 2. The molecule has 8 heteroatoms.